The van der Waals surface area contributed by atoms with Crippen LogP contribution in [0.1, 0.15) is 28.4 Å². The van der Waals surface area contributed by atoms with Gasteiger partial charge in [0.25, 0.3) is 5.91 Å². The Hall–Kier alpha value is -2.87. The zero-order chi connectivity index (χ0) is 24.4. The molecule has 0 spiro atoms. The first-order valence-corrected chi connectivity index (χ1v) is 13.4. The molecule has 2 aromatic carbocycles. The van der Waals surface area contributed by atoms with E-state index in [2.05, 4.69) is 75.7 Å². The summed E-state index contributed by atoms with van der Waals surface area (Å²) in [6.45, 7) is 11.8. The summed E-state index contributed by atoms with van der Waals surface area (Å²) in [6.07, 6.45) is 1.88. The molecule has 1 aliphatic rings. The van der Waals surface area contributed by atoms with Crippen LogP contribution in [0.5, 0.6) is 0 Å². The highest BCUT2D eigenvalue weighted by atomic mass is 32.2. The number of pyridine rings is 1. The molecule has 182 valence electrons. The van der Waals surface area contributed by atoms with Gasteiger partial charge in [0, 0.05) is 66.7 Å². The van der Waals surface area contributed by atoms with Crippen LogP contribution in [0.15, 0.2) is 47.5 Å². The second kappa shape index (κ2) is 10.4. The zero-order valence-corrected chi connectivity index (χ0v) is 21.5. The summed E-state index contributed by atoms with van der Waals surface area (Å²) in [5.74, 6) is 0.992. The first kappa shape index (κ1) is 23.9. The van der Waals surface area contributed by atoms with Crippen molar-refractivity contribution in [3.63, 3.8) is 0 Å². The van der Waals surface area contributed by atoms with E-state index < -0.39 is 0 Å². The number of rotatable bonds is 7. The molecular formula is C28H33N5OS. The Bertz CT molecular complexity index is 1370. The van der Waals surface area contributed by atoms with Gasteiger partial charge in [-0.2, -0.15) is 0 Å². The summed E-state index contributed by atoms with van der Waals surface area (Å²) in [6, 6.07) is 12.9. The first-order valence-electron chi connectivity index (χ1n) is 12.4. The van der Waals surface area contributed by atoms with Gasteiger partial charge in [-0.3, -0.25) is 9.69 Å². The fraction of sp³-hybridized carbons (Fsp3) is 0.357. The highest BCUT2D eigenvalue weighted by Crippen LogP contribution is 2.38. The van der Waals surface area contributed by atoms with E-state index in [0.717, 1.165) is 82.7 Å². The molecule has 5 rings (SSSR count). The van der Waals surface area contributed by atoms with Gasteiger partial charge in [-0.15, -0.1) is 11.8 Å². The lowest BCUT2D eigenvalue weighted by Gasteiger charge is -2.27. The van der Waals surface area contributed by atoms with Crippen LogP contribution in [-0.4, -0.2) is 65.8 Å². The SMILES string of the molecule is CCSc1cccc(-c2cc(C(=O)NCCN3CCNCC3)c(C)c3[nH]c4ncc(C)cc4c23)c1. The molecule has 3 N–H and O–H groups in total. The number of fused-ring (bicyclic) bond motifs is 3. The van der Waals surface area contributed by atoms with Gasteiger partial charge in [0.1, 0.15) is 5.65 Å². The summed E-state index contributed by atoms with van der Waals surface area (Å²) in [7, 11) is 0. The van der Waals surface area contributed by atoms with Gasteiger partial charge in [0.2, 0.25) is 0 Å². The van der Waals surface area contributed by atoms with E-state index in [4.69, 9.17) is 0 Å². The molecule has 1 fully saturated rings. The molecule has 0 saturated carbocycles. The number of piperazine rings is 1. The van der Waals surface area contributed by atoms with E-state index in [1.54, 1.807) is 0 Å². The van der Waals surface area contributed by atoms with Gasteiger partial charge in [0.15, 0.2) is 0 Å². The molecule has 35 heavy (non-hydrogen) atoms. The van der Waals surface area contributed by atoms with Crippen molar-refractivity contribution >= 4 is 39.6 Å². The molecule has 7 heteroatoms. The van der Waals surface area contributed by atoms with Crippen LogP contribution < -0.4 is 10.6 Å². The third-order valence-electron chi connectivity index (χ3n) is 6.75. The molecule has 1 aliphatic heterocycles. The van der Waals surface area contributed by atoms with Gasteiger partial charge in [-0.1, -0.05) is 19.1 Å². The smallest absolute Gasteiger partial charge is 0.251 e. The van der Waals surface area contributed by atoms with Crippen molar-refractivity contribution in [2.75, 3.05) is 45.0 Å². The molecule has 4 aromatic rings. The Morgan fingerprint density at radius 1 is 1.17 bits per heavy atom. The minimum Gasteiger partial charge on any atom is -0.351 e. The Kier molecular flexibility index (Phi) is 7.09. The van der Waals surface area contributed by atoms with Crippen molar-refractivity contribution in [1.82, 2.24) is 25.5 Å². The fourth-order valence-electron chi connectivity index (χ4n) is 4.94. The van der Waals surface area contributed by atoms with E-state index in [1.165, 1.54) is 4.90 Å². The van der Waals surface area contributed by atoms with Crippen molar-refractivity contribution in [1.29, 1.82) is 0 Å². The number of nitrogens with one attached hydrogen (secondary N) is 3. The van der Waals surface area contributed by atoms with Gasteiger partial charge in [0.05, 0.1) is 5.52 Å². The summed E-state index contributed by atoms with van der Waals surface area (Å²) >= 11 is 1.83. The second-order valence-electron chi connectivity index (χ2n) is 9.19. The summed E-state index contributed by atoms with van der Waals surface area (Å²) in [5.41, 5.74) is 6.80. The van der Waals surface area contributed by atoms with Gasteiger partial charge >= 0.3 is 0 Å². The average Bonchev–Trinajstić information content (AvgIpc) is 3.25. The van der Waals surface area contributed by atoms with E-state index >= 15 is 0 Å². The number of aromatic amines is 1. The summed E-state index contributed by atoms with van der Waals surface area (Å²) in [4.78, 5) is 25.2. The lowest BCUT2D eigenvalue weighted by Crippen LogP contribution is -2.46. The van der Waals surface area contributed by atoms with Crippen LogP contribution in [0.4, 0.5) is 0 Å². The maximum atomic E-state index is 13.4. The minimum absolute atomic E-state index is 0.0253. The molecule has 0 aliphatic carbocycles. The number of H-pyrrole nitrogens is 1. The number of carbonyl (C=O) groups is 1. The molecular weight excluding hydrogens is 454 g/mol. The third kappa shape index (κ3) is 4.94. The number of hydrogen-bond acceptors (Lipinski definition) is 5. The van der Waals surface area contributed by atoms with Crippen molar-refractivity contribution in [3.8, 4) is 11.1 Å². The fourth-order valence-corrected chi connectivity index (χ4v) is 5.65. The van der Waals surface area contributed by atoms with Crippen LogP contribution in [0.3, 0.4) is 0 Å². The van der Waals surface area contributed by atoms with E-state index in [1.807, 2.05) is 24.9 Å². The molecule has 2 aromatic heterocycles. The topological polar surface area (TPSA) is 73.1 Å². The number of aromatic nitrogens is 2. The standard InChI is InChI=1S/C28H33N5OS/c1-4-35-21-7-5-6-20(15-21)23-16-22(28(34)30-10-13-33-11-8-29-9-12-33)19(3)26-25(23)24-14-18(2)17-31-27(24)32-26/h5-7,14-17,29H,4,8-13H2,1-3H3,(H,30,34)(H,31,32). The Labute approximate surface area is 210 Å². The van der Waals surface area contributed by atoms with Gasteiger partial charge < -0.3 is 15.6 Å². The average molecular weight is 488 g/mol. The normalized spacial score (nSPS) is 14.6. The molecule has 3 heterocycles. The highest BCUT2D eigenvalue weighted by molar-refractivity contribution is 7.99. The zero-order valence-electron chi connectivity index (χ0n) is 20.7. The molecule has 6 nitrogen and oxygen atoms in total. The van der Waals surface area contributed by atoms with E-state index in [0.29, 0.717) is 12.1 Å². The number of hydrogen-bond donors (Lipinski definition) is 3. The number of benzene rings is 2. The van der Waals surface area contributed by atoms with Crippen LogP contribution in [0.25, 0.3) is 33.1 Å². The lowest BCUT2D eigenvalue weighted by molar-refractivity contribution is 0.0947. The lowest BCUT2D eigenvalue weighted by atomic mass is 9.93. The molecule has 0 atom stereocenters. The third-order valence-corrected chi connectivity index (χ3v) is 7.62. The van der Waals surface area contributed by atoms with E-state index in [9.17, 15) is 4.79 Å². The highest BCUT2D eigenvalue weighted by Gasteiger charge is 2.20. The maximum Gasteiger partial charge on any atom is 0.251 e. The maximum absolute atomic E-state index is 13.4. The number of aryl methyl sites for hydroxylation is 2. The Morgan fingerprint density at radius 2 is 2.00 bits per heavy atom. The monoisotopic (exact) mass is 487 g/mol. The first-order chi connectivity index (χ1) is 17.0. The van der Waals surface area contributed by atoms with Crippen LogP contribution in [0, 0.1) is 13.8 Å². The predicted molar refractivity (Wildman–Crippen MR) is 147 cm³/mol. The van der Waals surface area contributed by atoms with Gasteiger partial charge in [-0.25, -0.2) is 4.98 Å². The van der Waals surface area contributed by atoms with Crippen molar-refractivity contribution in [2.24, 2.45) is 0 Å². The predicted octanol–water partition coefficient (Wildman–Crippen LogP) is 4.75. The largest absolute Gasteiger partial charge is 0.351 e. The molecule has 0 unspecified atom stereocenters. The number of thioether (sulfide) groups is 1. The van der Waals surface area contributed by atoms with Gasteiger partial charge in [-0.05, 0) is 66.1 Å². The minimum atomic E-state index is -0.0253. The quantitative estimate of drug-likeness (QED) is 0.328. The summed E-state index contributed by atoms with van der Waals surface area (Å²) in [5, 5.41) is 8.77. The van der Waals surface area contributed by atoms with Crippen LogP contribution >= 0.6 is 11.8 Å². The number of amides is 1. The Balaban J connectivity index is 1.57. The van der Waals surface area contributed by atoms with E-state index in [-0.39, 0.29) is 5.91 Å². The van der Waals surface area contributed by atoms with Crippen molar-refractivity contribution in [2.45, 2.75) is 25.7 Å². The Morgan fingerprint density at radius 3 is 2.80 bits per heavy atom. The second-order valence-corrected chi connectivity index (χ2v) is 10.5. The van der Waals surface area contributed by atoms with Crippen molar-refractivity contribution in [3.05, 3.63) is 59.3 Å². The molecule has 1 amide bonds. The molecule has 0 radical (unpaired) electrons. The molecule has 1 saturated heterocycles. The summed E-state index contributed by atoms with van der Waals surface area (Å²) < 4.78 is 0. The molecule has 0 bridgehead atoms. The van der Waals surface area contributed by atoms with Crippen LogP contribution in [-0.2, 0) is 0 Å². The number of carbonyl (C=O) groups excluding carboxylic acids is 1. The number of nitrogens with zero attached hydrogens (tertiary/aromatic N) is 2. The van der Waals surface area contributed by atoms with Crippen LogP contribution in [0.2, 0.25) is 0 Å². The van der Waals surface area contributed by atoms with Crippen molar-refractivity contribution < 1.29 is 4.79 Å².